The average molecular weight is 294 g/mol. The Kier molecular flexibility index (Phi) is 4.77. The van der Waals surface area contributed by atoms with Gasteiger partial charge >= 0.3 is 18.1 Å². The van der Waals surface area contributed by atoms with E-state index in [4.69, 9.17) is 0 Å². The van der Waals surface area contributed by atoms with E-state index in [0.717, 1.165) is 19.8 Å². The van der Waals surface area contributed by atoms with Gasteiger partial charge in [0.05, 0.1) is 12.2 Å². The summed E-state index contributed by atoms with van der Waals surface area (Å²) in [5, 5.41) is 0. The van der Waals surface area contributed by atoms with Crippen LogP contribution in [0.4, 0.5) is 26.3 Å². The van der Waals surface area contributed by atoms with Crippen LogP contribution in [0.15, 0.2) is 0 Å². The molecule has 0 unspecified atom stereocenters. The molecule has 1 rings (SSSR count). The summed E-state index contributed by atoms with van der Waals surface area (Å²) in [5.74, 6) is -4.49. The van der Waals surface area contributed by atoms with Crippen molar-refractivity contribution in [2.24, 2.45) is 0 Å². The minimum Gasteiger partial charge on any atom is -0.330 e. The number of alkyl halides is 6. The molecule has 0 aromatic carbocycles. The van der Waals surface area contributed by atoms with Crippen molar-refractivity contribution >= 4 is 0 Å². The van der Waals surface area contributed by atoms with E-state index in [1.165, 1.54) is 0 Å². The molecule has 2 atom stereocenters. The van der Waals surface area contributed by atoms with Crippen LogP contribution in [-0.2, 0) is 9.47 Å². The molecule has 8 heteroatoms. The van der Waals surface area contributed by atoms with Gasteiger partial charge in [0.2, 0.25) is 0 Å². The molecule has 2 nitrogen and oxygen atoms in total. The molecule has 0 saturated carbocycles. The summed E-state index contributed by atoms with van der Waals surface area (Å²) in [4.78, 5) is 0. The van der Waals surface area contributed by atoms with Crippen LogP contribution in [0.25, 0.3) is 0 Å². The Labute approximate surface area is 107 Å². The van der Waals surface area contributed by atoms with Crippen LogP contribution in [0.1, 0.15) is 39.5 Å². The molecule has 0 aromatic rings. The number of unbranched alkanes of at least 4 members (excludes halogenated alkanes) is 2. The summed E-state index contributed by atoms with van der Waals surface area (Å²) >= 11 is 0. The first kappa shape index (κ1) is 16.6. The Morgan fingerprint density at radius 3 is 1.84 bits per heavy atom. The van der Waals surface area contributed by atoms with Crippen LogP contribution in [0, 0.1) is 0 Å². The second-order valence-corrected chi connectivity index (χ2v) is 4.59. The van der Waals surface area contributed by atoms with Crippen LogP contribution in [0.3, 0.4) is 0 Å². The molecule has 1 heterocycles. The van der Waals surface area contributed by atoms with Gasteiger partial charge in [-0.05, 0) is 13.3 Å². The zero-order valence-corrected chi connectivity index (χ0v) is 10.6. The van der Waals surface area contributed by atoms with Crippen LogP contribution in [0.2, 0.25) is 0 Å². The highest BCUT2D eigenvalue weighted by Crippen LogP contribution is 2.52. The predicted molar refractivity (Wildman–Crippen MR) is 54.4 cm³/mol. The lowest BCUT2D eigenvalue weighted by Gasteiger charge is -2.31. The van der Waals surface area contributed by atoms with E-state index in [0.29, 0.717) is 6.42 Å². The third kappa shape index (κ3) is 3.16. The second-order valence-electron chi connectivity index (χ2n) is 4.59. The fraction of sp³-hybridized carbons (Fsp3) is 1.00. The summed E-state index contributed by atoms with van der Waals surface area (Å²) in [5.41, 5.74) is 0. The molecule has 1 aliphatic heterocycles. The van der Waals surface area contributed by atoms with E-state index in [-0.39, 0.29) is 6.42 Å². The van der Waals surface area contributed by atoms with Crippen molar-refractivity contribution in [1.29, 1.82) is 0 Å². The maximum Gasteiger partial charge on any atom is 0.453 e. The summed E-state index contributed by atoms with van der Waals surface area (Å²) in [7, 11) is 0. The first-order valence-corrected chi connectivity index (χ1v) is 6.04. The number of halogens is 6. The summed E-state index contributed by atoms with van der Waals surface area (Å²) in [6.45, 7) is 3.04. The van der Waals surface area contributed by atoms with Gasteiger partial charge in [0.25, 0.3) is 0 Å². The van der Waals surface area contributed by atoms with Crippen molar-refractivity contribution in [3.8, 4) is 0 Å². The topological polar surface area (TPSA) is 18.5 Å². The maximum atomic E-state index is 12.7. The normalized spacial score (nSPS) is 27.8. The van der Waals surface area contributed by atoms with Crippen molar-refractivity contribution in [2.75, 3.05) is 0 Å². The van der Waals surface area contributed by atoms with E-state index >= 15 is 0 Å². The number of rotatable bonds is 4. The predicted octanol–water partition coefficient (Wildman–Crippen LogP) is 4.19. The monoisotopic (exact) mass is 294 g/mol. The molecule has 0 amide bonds. The van der Waals surface area contributed by atoms with Crippen LogP contribution in [0.5, 0.6) is 0 Å². The molecule has 0 radical (unpaired) electrons. The lowest BCUT2D eigenvalue weighted by molar-refractivity contribution is -0.445. The van der Waals surface area contributed by atoms with Gasteiger partial charge in [-0.1, -0.05) is 26.2 Å². The Balaban J connectivity index is 2.87. The molecule has 1 saturated heterocycles. The molecular weight excluding hydrogens is 278 g/mol. The molecule has 0 aliphatic carbocycles. The standard InChI is InChI=1S/C11H16F6O2/c1-3-4-5-6-8-7(2)18-9(19-8,10(12,13)14)11(15,16)17/h7-8H,3-6H2,1-2H3/t7-,8-/m0/s1. The van der Waals surface area contributed by atoms with Crippen molar-refractivity contribution in [3.05, 3.63) is 0 Å². The van der Waals surface area contributed by atoms with Crippen molar-refractivity contribution in [3.63, 3.8) is 0 Å². The SMILES string of the molecule is CCCCC[C@@H]1OC(C(F)(F)F)(C(F)(F)F)O[C@H]1C. The molecular formula is C11H16F6O2. The third-order valence-corrected chi connectivity index (χ3v) is 3.03. The molecule has 19 heavy (non-hydrogen) atoms. The number of hydrogen-bond acceptors (Lipinski definition) is 2. The third-order valence-electron chi connectivity index (χ3n) is 3.03. The van der Waals surface area contributed by atoms with Gasteiger partial charge < -0.3 is 9.47 Å². The molecule has 0 bridgehead atoms. The first-order chi connectivity index (χ1) is 8.55. The van der Waals surface area contributed by atoms with Crippen molar-refractivity contribution < 1.29 is 35.8 Å². The van der Waals surface area contributed by atoms with Gasteiger partial charge in [0, 0.05) is 0 Å². The highest BCUT2D eigenvalue weighted by Gasteiger charge is 2.78. The van der Waals surface area contributed by atoms with E-state index in [1.54, 1.807) is 0 Å². The summed E-state index contributed by atoms with van der Waals surface area (Å²) < 4.78 is 84.5. The van der Waals surface area contributed by atoms with Crippen molar-refractivity contribution in [2.45, 2.75) is 69.9 Å². The Hall–Kier alpha value is -0.500. The minimum atomic E-state index is -5.65. The zero-order chi connectivity index (χ0) is 14.9. The lowest BCUT2D eigenvalue weighted by atomic mass is 10.1. The van der Waals surface area contributed by atoms with E-state index < -0.39 is 30.3 Å². The summed E-state index contributed by atoms with van der Waals surface area (Å²) in [6, 6.07) is 0. The molecule has 1 fully saturated rings. The van der Waals surface area contributed by atoms with Gasteiger partial charge in [-0.25, -0.2) is 0 Å². The lowest BCUT2D eigenvalue weighted by Crippen LogP contribution is -2.58. The molecule has 0 aromatic heterocycles. The Morgan fingerprint density at radius 2 is 1.47 bits per heavy atom. The largest absolute Gasteiger partial charge is 0.453 e. The van der Waals surface area contributed by atoms with E-state index in [1.807, 2.05) is 6.92 Å². The van der Waals surface area contributed by atoms with Crippen LogP contribution in [-0.4, -0.2) is 30.3 Å². The van der Waals surface area contributed by atoms with Crippen molar-refractivity contribution in [1.82, 2.24) is 0 Å². The quantitative estimate of drug-likeness (QED) is 0.571. The van der Waals surface area contributed by atoms with E-state index in [2.05, 4.69) is 9.47 Å². The fourth-order valence-corrected chi connectivity index (χ4v) is 1.99. The summed E-state index contributed by atoms with van der Waals surface area (Å²) in [6.07, 6.45) is -11.6. The van der Waals surface area contributed by atoms with Crippen LogP contribution >= 0.6 is 0 Å². The number of ether oxygens (including phenoxy) is 2. The molecule has 0 N–H and O–H groups in total. The second kappa shape index (κ2) is 5.47. The Bertz CT molecular complexity index is 285. The van der Waals surface area contributed by atoms with E-state index in [9.17, 15) is 26.3 Å². The van der Waals surface area contributed by atoms with Crippen LogP contribution < -0.4 is 0 Å². The average Bonchev–Trinajstić information content (AvgIpc) is 2.56. The smallest absolute Gasteiger partial charge is 0.330 e. The van der Waals surface area contributed by atoms with Gasteiger partial charge in [0.15, 0.2) is 0 Å². The van der Waals surface area contributed by atoms with Gasteiger partial charge in [0.1, 0.15) is 0 Å². The maximum absolute atomic E-state index is 12.7. The zero-order valence-electron chi connectivity index (χ0n) is 10.6. The highest BCUT2D eigenvalue weighted by molar-refractivity contribution is 4.95. The molecule has 1 aliphatic rings. The first-order valence-electron chi connectivity index (χ1n) is 6.04. The number of hydrogen-bond donors (Lipinski definition) is 0. The fourth-order valence-electron chi connectivity index (χ4n) is 1.99. The van der Waals surface area contributed by atoms with Gasteiger partial charge in [-0.3, -0.25) is 0 Å². The van der Waals surface area contributed by atoms with Gasteiger partial charge in [-0.2, -0.15) is 26.3 Å². The minimum absolute atomic E-state index is 0.114. The Morgan fingerprint density at radius 1 is 0.947 bits per heavy atom. The molecule has 114 valence electrons. The highest BCUT2D eigenvalue weighted by atomic mass is 19.4. The molecule has 0 spiro atoms. The van der Waals surface area contributed by atoms with Gasteiger partial charge in [-0.15, -0.1) is 0 Å².